The van der Waals surface area contributed by atoms with Crippen molar-refractivity contribution in [2.75, 3.05) is 32.1 Å². The number of aliphatic hydroxyl groups is 1. The van der Waals surface area contributed by atoms with Crippen LogP contribution in [0.1, 0.15) is 89.9 Å². The Kier molecular flexibility index (Phi) is 21.6. The van der Waals surface area contributed by atoms with E-state index in [0.717, 1.165) is 18.6 Å². The number of rotatable bonds is 20. The van der Waals surface area contributed by atoms with E-state index >= 15 is 0 Å². The van der Waals surface area contributed by atoms with Crippen molar-refractivity contribution in [2.45, 2.75) is 89.9 Å². The summed E-state index contributed by atoms with van der Waals surface area (Å²) < 4.78 is 5.09. The van der Waals surface area contributed by atoms with Gasteiger partial charge in [0.25, 0.3) is 0 Å². The number of hydrogen-bond donors (Lipinski definition) is 3. The van der Waals surface area contributed by atoms with Gasteiger partial charge >= 0.3 is 0 Å². The zero-order valence-corrected chi connectivity index (χ0v) is 17.0. The summed E-state index contributed by atoms with van der Waals surface area (Å²) >= 11 is 4.23. The lowest BCUT2D eigenvalue weighted by atomic mass is 10.0. The summed E-state index contributed by atoms with van der Waals surface area (Å²) in [5.41, 5.74) is 0. The van der Waals surface area contributed by atoms with Crippen molar-refractivity contribution >= 4 is 18.5 Å². The molecule has 0 radical (unpaired) electrons. The molecule has 25 heavy (non-hydrogen) atoms. The summed E-state index contributed by atoms with van der Waals surface area (Å²) in [4.78, 5) is 11.6. The molecule has 150 valence electrons. The topological polar surface area (TPSA) is 58.6 Å². The van der Waals surface area contributed by atoms with Crippen molar-refractivity contribution in [3.63, 3.8) is 0 Å². The zero-order chi connectivity index (χ0) is 18.4. The molecule has 0 aliphatic heterocycles. The van der Waals surface area contributed by atoms with Gasteiger partial charge in [-0.1, -0.05) is 70.6 Å². The van der Waals surface area contributed by atoms with Crippen molar-refractivity contribution in [2.24, 2.45) is 0 Å². The average molecular weight is 376 g/mol. The number of carbonyl (C=O) groups excluding carboxylic acids is 1. The maximum Gasteiger partial charge on any atom is 0.220 e. The Morgan fingerprint density at radius 3 is 1.72 bits per heavy atom. The number of thiol groups is 1. The molecule has 0 fully saturated rings. The van der Waals surface area contributed by atoms with E-state index < -0.39 is 0 Å². The van der Waals surface area contributed by atoms with Crippen LogP contribution in [0.4, 0.5) is 0 Å². The highest BCUT2D eigenvalue weighted by atomic mass is 32.1. The molecule has 0 bridgehead atoms. The van der Waals surface area contributed by atoms with Gasteiger partial charge < -0.3 is 15.2 Å². The lowest BCUT2D eigenvalue weighted by Gasteiger charge is -2.06. The first-order valence-corrected chi connectivity index (χ1v) is 11.0. The van der Waals surface area contributed by atoms with Crippen LogP contribution >= 0.6 is 12.6 Å². The lowest BCUT2D eigenvalue weighted by Crippen LogP contribution is -2.27. The molecule has 0 spiro atoms. The molecule has 0 rings (SSSR count). The van der Waals surface area contributed by atoms with Crippen molar-refractivity contribution in [3.05, 3.63) is 0 Å². The van der Waals surface area contributed by atoms with Crippen LogP contribution in [0.5, 0.6) is 0 Å². The highest BCUT2D eigenvalue weighted by Gasteiger charge is 2.00. The molecule has 1 amide bonds. The summed E-state index contributed by atoms with van der Waals surface area (Å²) in [6, 6.07) is 0. The van der Waals surface area contributed by atoms with Gasteiger partial charge in [-0.2, -0.15) is 12.6 Å². The summed E-state index contributed by atoms with van der Waals surface area (Å²) in [5, 5.41) is 11.4. The van der Waals surface area contributed by atoms with Crippen molar-refractivity contribution in [3.8, 4) is 0 Å². The number of unbranched alkanes of at least 4 members (excludes halogenated alkanes) is 12. The predicted octanol–water partition coefficient (Wildman–Crippen LogP) is 4.50. The third kappa shape index (κ3) is 21.7. The minimum absolute atomic E-state index is 0.0324. The van der Waals surface area contributed by atoms with E-state index in [9.17, 15) is 4.79 Å². The molecular weight excluding hydrogens is 334 g/mol. The van der Waals surface area contributed by atoms with E-state index in [0.29, 0.717) is 26.2 Å². The lowest BCUT2D eigenvalue weighted by molar-refractivity contribution is -0.121. The summed E-state index contributed by atoms with van der Waals surface area (Å²) in [5.74, 6) is 1.15. The molecule has 0 aromatic rings. The normalized spacial score (nSPS) is 11.0. The van der Waals surface area contributed by atoms with Crippen LogP contribution in [0.2, 0.25) is 0 Å². The monoisotopic (exact) mass is 375 g/mol. The fourth-order valence-electron chi connectivity index (χ4n) is 2.86. The first-order valence-electron chi connectivity index (χ1n) is 10.4. The third-order valence-corrected chi connectivity index (χ3v) is 4.68. The van der Waals surface area contributed by atoms with Gasteiger partial charge in [-0.05, 0) is 18.6 Å². The Morgan fingerprint density at radius 2 is 1.24 bits per heavy atom. The molecule has 0 saturated carbocycles. The van der Waals surface area contributed by atoms with Crippen LogP contribution in [0.25, 0.3) is 0 Å². The second kappa shape index (κ2) is 21.8. The van der Waals surface area contributed by atoms with Crippen molar-refractivity contribution in [1.29, 1.82) is 0 Å². The minimum atomic E-state index is 0.0324. The molecule has 0 atom stereocenters. The second-order valence-electron chi connectivity index (χ2n) is 6.76. The number of amides is 1. The maximum atomic E-state index is 11.6. The van der Waals surface area contributed by atoms with E-state index in [4.69, 9.17) is 9.84 Å². The summed E-state index contributed by atoms with van der Waals surface area (Å²) in [6.07, 6.45) is 17.6. The number of carbonyl (C=O) groups is 1. The van der Waals surface area contributed by atoms with E-state index in [2.05, 4.69) is 17.9 Å². The summed E-state index contributed by atoms with van der Waals surface area (Å²) in [7, 11) is 0. The molecule has 0 aromatic carbocycles. The molecule has 0 saturated heterocycles. The first kappa shape index (κ1) is 24.7. The SMILES string of the molecule is O=C(CCCCCCCCCCCCCCCS)NCCOCCO. The number of ether oxygens (including phenoxy) is 1. The van der Waals surface area contributed by atoms with Gasteiger partial charge in [0.05, 0.1) is 19.8 Å². The molecule has 4 nitrogen and oxygen atoms in total. The Morgan fingerprint density at radius 1 is 0.760 bits per heavy atom. The molecular formula is C20H41NO3S. The third-order valence-electron chi connectivity index (χ3n) is 4.37. The van der Waals surface area contributed by atoms with E-state index in [1.807, 2.05) is 0 Å². The van der Waals surface area contributed by atoms with Crippen LogP contribution < -0.4 is 5.32 Å². The standard InChI is InChI=1S/C20H41NO3S/c22-16-18-24-17-15-21-20(23)14-12-10-8-6-4-2-1-3-5-7-9-11-13-19-25/h22,25H,1-19H2,(H,21,23). The molecule has 0 unspecified atom stereocenters. The number of hydrogen-bond acceptors (Lipinski definition) is 4. The van der Waals surface area contributed by atoms with Crippen molar-refractivity contribution in [1.82, 2.24) is 5.32 Å². The zero-order valence-electron chi connectivity index (χ0n) is 16.1. The quantitative estimate of drug-likeness (QED) is 0.217. The minimum Gasteiger partial charge on any atom is -0.394 e. The molecule has 0 aliphatic carbocycles. The van der Waals surface area contributed by atoms with Gasteiger partial charge in [0.2, 0.25) is 5.91 Å². The van der Waals surface area contributed by atoms with Gasteiger partial charge in [-0.25, -0.2) is 0 Å². The Labute approximate surface area is 160 Å². The van der Waals surface area contributed by atoms with Crippen LogP contribution in [-0.2, 0) is 9.53 Å². The Bertz CT molecular complexity index is 278. The number of aliphatic hydroxyl groups excluding tert-OH is 1. The van der Waals surface area contributed by atoms with Crippen LogP contribution in [0.15, 0.2) is 0 Å². The highest BCUT2D eigenvalue weighted by molar-refractivity contribution is 7.80. The Balaban J connectivity index is 3.09. The van der Waals surface area contributed by atoms with E-state index in [-0.39, 0.29) is 12.5 Å². The van der Waals surface area contributed by atoms with Crippen LogP contribution in [-0.4, -0.2) is 43.1 Å². The maximum absolute atomic E-state index is 11.6. The second-order valence-corrected chi connectivity index (χ2v) is 7.20. The molecule has 0 heterocycles. The highest BCUT2D eigenvalue weighted by Crippen LogP contribution is 2.13. The molecule has 0 aromatic heterocycles. The fraction of sp³-hybridized carbons (Fsp3) is 0.950. The predicted molar refractivity (Wildman–Crippen MR) is 109 cm³/mol. The first-order chi connectivity index (χ1) is 12.3. The number of nitrogens with one attached hydrogen (secondary N) is 1. The fourth-order valence-corrected chi connectivity index (χ4v) is 3.08. The van der Waals surface area contributed by atoms with Gasteiger partial charge in [-0.3, -0.25) is 4.79 Å². The Hall–Kier alpha value is -0.260. The molecule has 0 aliphatic rings. The van der Waals surface area contributed by atoms with Gasteiger partial charge in [0.1, 0.15) is 0 Å². The van der Waals surface area contributed by atoms with E-state index in [1.165, 1.54) is 70.6 Å². The smallest absolute Gasteiger partial charge is 0.220 e. The summed E-state index contributed by atoms with van der Waals surface area (Å²) in [6.45, 7) is 1.38. The van der Waals surface area contributed by atoms with Gasteiger partial charge in [0.15, 0.2) is 0 Å². The largest absolute Gasteiger partial charge is 0.394 e. The van der Waals surface area contributed by atoms with E-state index in [1.54, 1.807) is 0 Å². The van der Waals surface area contributed by atoms with Gasteiger partial charge in [0, 0.05) is 13.0 Å². The molecule has 2 N–H and O–H groups in total. The average Bonchev–Trinajstić information content (AvgIpc) is 2.62. The van der Waals surface area contributed by atoms with Crippen LogP contribution in [0, 0.1) is 0 Å². The van der Waals surface area contributed by atoms with Gasteiger partial charge in [-0.15, -0.1) is 0 Å². The van der Waals surface area contributed by atoms with Crippen LogP contribution in [0.3, 0.4) is 0 Å². The molecule has 5 heteroatoms. The van der Waals surface area contributed by atoms with Crippen molar-refractivity contribution < 1.29 is 14.6 Å².